The highest BCUT2D eigenvalue weighted by Crippen LogP contribution is 2.30. The zero-order chi connectivity index (χ0) is 31.9. The number of hydrogen-bond acceptors (Lipinski definition) is 7. The van der Waals surface area contributed by atoms with Crippen molar-refractivity contribution in [3.8, 4) is 11.5 Å². The number of methoxy groups -OCH3 is 2. The molecule has 2 aromatic carbocycles. The van der Waals surface area contributed by atoms with E-state index in [2.05, 4.69) is 41.7 Å². The second kappa shape index (κ2) is 22.1. The van der Waals surface area contributed by atoms with Crippen molar-refractivity contribution in [2.75, 3.05) is 53.7 Å². The second-order valence-electron chi connectivity index (χ2n) is 11.0. The lowest BCUT2D eigenvalue weighted by Crippen LogP contribution is -2.37. The van der Waals surface area contributed by atoms with Crippen molar-refractivity contribution < 1.29 is 34.3 Å². The summed E-state index contributed by atoms with van der Waals surface area (Å²) in [5.74, 6) is 0.258. The minimum absolute atomic E-state index is 0.0706. The van der Waals surface area contributed by atoms with Crippen LogP contribution >= 0.6 is 0 Å². The van der Waals surface area contributed by atoms with Gasteiger partial charge in [0.15, 0.2) is 0 Å². The van der Waals surface area contributed by atoms with Crippen LogP contribution in [0.25, 0.3) is 6.08 Å². The number of benzene rings is 2. The molecule has 0 bridgehead atoms. The van der Waals surface area contributed by atoms with E-state index < -0.39 is 5.97 Å². The van der Waals surface area contributed by atoms with E-state index in [0.717, 1.165) is 70.1 Å². The Kier molecular flexibility index (Phi) is 18.5. The minimum atomic E-state index is -1.00. The number of carbonyl (C=O) groups is 1. The van der Waals surface area contributed by atoms with Gasteiger partial charge in [-0.15, -0.1) is 0 Å². The molecule has 0 amide bonds. The zero-order valence-electron chi connectivity index (χ0n) is 26.4. The lowest BCUT2D eigenvalue weighted by atomic mass is 9.79. The van der Waals surface area contributed by atoms with E-state index in [4.69, 9.17) is 19.3 Å². The molecule has 3 rings (SSSR count). The first kappa shape index (κ1) is 36.8. The predicted molar refractivity (Wildman–Crippen MR) is 176 cm³/mol. The fraction of sp³-hybridized carbons (Fsp3) is 0.472. The summed E-state index contributed by atoms with van der Waals surface area (Å²) in [6.45, 7) is 3.64. The van der Waals surface area contributed by atoms with Crippen molar-refractivity contribution in [2.24, 2.45) is 5.41 Å². The van der Waals surface area contributed by atoms with Crippen molar-refractivity contribution in [1.82, 2.24) is 5.32 Å². The van der Waals surface area contributed by atoms with Crippen LogP contribution in [-0.2, 0) is 16.0 Å². The Morgan fingerprint density at radius 1 is 0.955 bits per heavy atom. The average molecular weight is 610 g/mol. The van der Waals surface area contributed by atoms with Crippen molar-refractivity contribution in [2.45, 2.75) is 51.4 Å². The summed E-state index contributed by atoms with van der Waals surface area (Å²) in [6, 6.07) is 15.8. The molecule has 0 fully saturated rings. The number of ether oxygens (including phenoxy) is 3. The summed E-state index contributed by atoms with van der Waals surface area (Å²) in [6.07, 6.45) is 17.3. The van der Waals surface area contributed by atoms with Gasteiger partial charge in [0.25, 0.3) is 0 Å². The van der Waals surface area contributed by atoms with Gasteiger partial charge in [0.05, 0.1) is 27.4 Å². The third-order valence-corrected chi connectivity index (χ3v) is 7.44. The zero-order valence-corrected chi connectivity index (χ0v) is 26.4. The summed E-state index contributed by atoms with van der Waals surface area (Å²) < 4.78 is 15.9. The monoisotopic (exact) mass is 609 g/mol. The summed E-state index contributed by atoms with van der Waals surface area (Å²) in [5, 5.41) is 31.1. The van der Waals surface area contributed by atoms with E-state index in [1.54, 1.807) is 25.3 Å². The molecule has 1 atom stereocenters. The molecule has 0 aromatic heterocycles. The van der Waals surface area contributed by atoms with Crippen LogP contribution < -0.4 is 14.8 Å². The normalized spacial score (nSPS) is 15.9. The molecule has 0 spiro atoms. The number of aryl methyl sites for hydroxylation is 1. The molecule has 1 aliphatic rings. The number of aliphatic hydroxyl groups is 2. The van der Waals surface area contributed by atoms with Gasteiger partial charge in [-0.1, -0.05) is 61.4 Å². The molecular weight excluding hydrogens is 558 g/mol. The maximum Gasteiger partial charge on any atom is 0.328 e. The third-order valence-electron chi connectivity index (χ3n) is 7.44. The summed E-state index contributed by atoms with van der Waals surface area (Å²) in [4.78, 5) is 10.4. The third kappa shape index (κ3) is 14.8. The highest BCUT2D eigenvalue weighted by atomic mass is 16.5. The van der Waals surface area contributed by atoms with Crippen molar-refractivity contribution in [3.63, 3.8) is 0 Å². The first-order valence-electron chi connectivity index (χ1n) is 15.5. The summed E-state index contributed by atoms with van der Waals surface area (Å²) >= 11 is 0. The Morgan fingerprint density at radius 2 is 1.70 bits per heavy atom. The summed E-state index contributed by atoms with van der Waals surface area (Å²) in [5.41, 5.74) is 2.81. The van der Waals surface area contributed by atoms with E-state index in [9.17, 15) is 15.0 Å². The van der Waals surface area contributed by atoms with Crippen LogP contribution in [0.15, 0.2) is 78.4 Å². The van der Waals surface area contributed by atoms with Gasteiger partial charge in [-0.05, 0) is 80.5 Å². The second-order valence-corrected chi connectivity index (χ2v) is 11.0. The molecule has 8 heteroatoms. The van der Waals surface area contributed by atoms with Crippen LogP contribution in [0, 0.1) is 5.41 Å². The molecule has 1 unspecified atom stereocenters. The van der Waals surface area contributed by atoms with Gasteiger partial charge in [0.2, 0.25) is 0 Å². The van der Waals surface area contributed by atoms with E-state index in [0.29, 0.717) is 17.1 Å². The van der Waals surface area contributed by atoms with Gasteiger partial charge in [0.1, 0.15) is 11.5 Å². The van der Waals surface area contributed by atoms with Crippen LogP contribution in [-0.4, -0.2) is 75.0 Å². The van der Waals surface area contributed by atoms with Gasteiger partial charge in [-0.2, -0.15) is 0 Å². The molecule has 242 valence electrons. The summed E-state index contributed by atoms with van der Waals surface area (Å²) in [7, 11) is 3.08. The van der Waals surface area contributed by atoms with Crippen LogP contribution in [0.1, 0.15) is 56.1 Å². The average Bonchev–Trinajstić information content (AvgIpc) is 3.06. The van der Waals surface area contributed by atoms with E-state index in [1.165, 1.54) is 38.0 Å². The topological polar surface area (TPSA) is 117 Å². The van der Waals surface area contributed by atoms with Crippen molar-refractivity contribution >= 4 is 12.0 Å². The Balaban J connectivity index is 0.000000378. The van der Waals surface area contributed by atoms with Gasteiger partial charge < -0.3 is 34.8 Å². The molecule has 0 aliphatic heterocycles. The van der Waals surface area contributed by atoms with Gasteiger partial charge >= 0.3 is 5.97 Å². The van der Waals surface area contributed by atoms with Gasteiger partial charge in [0, 0.05) is 36.8 Å². The Hall–Kier alpha value is -3.43. The van der Waals surface area contributed by atoms with Crippen LogP contribution in [0.5, 0.6) is 11.5 Å². The van der Waals surface area contributed by atoms with Crippen LogP contribution in [0.3, 0.4) is 0 Å². The van der Waals surface area contributed by atoms with Crippen LogP contribution in [0.2, 0.25) is 0 Å². The maximum absolute atomic E-state index is 10.4. The highest BCUT2D eigenvalue weighted by molar-refractivity contribution is 5.86. The Morgan fingerprint density at radius 3 is 2.39 bits per heavy atom. The fourth-order valence-electron chi connectivity index (χ4n) is 4.91. The predicted octanol–water partition coefficient (Wildman–Crippen LogP) is 5.83. The van der Waals surface area contributed by atoms with E-state index in [-0.39, 0.29) is 18.6 Å². The molecule has 2 aromatic rings. The highest BCUT2D eigenvalue weighted by Gasteiger charge is 2.28. The number of nitrogens with one attached hydrogen (secondary N) is 1. The van der Waals surface area contributed by atoms with Crippen molar-refractivity contribution in [3.05, 3.63) is 89.5 Å². The fourth-order valence-corrected chi connectivity index (χ4v) is 4.91. The lowest BCUT2D eigenvalue weighted by Gasteiger charge is -2.32. The number of carboxylic acid groups (broad SMARTS) is 1. The Labute approximate surface area is 263 Å². The number of carboxylic acids is 1. The smallest absolute Gasteiger partial charge is 0.328 e. The molecule has 0 radical (unpaired) electrons. The van der Waals surface area contributed by atoms with Gasteiger partial charge in [-0.25, -0.2) is 4.79 Å². The minimum Gasteiger partial charge on any atom is -0.497 e. The SMILES string of the molecule is COc1ccc(OC)c(C=CC(=O)O)c1.OCC1=CC=CC(CO)(CNCCCCCCOCCCCc2ccccc2)C1. The molecule has 8 nitrogen and oxygen atoms in total. The first-order chi connectivity index (χ1) is 21.4. The molecule has 44 heavy (non-hydrogen) atoms. The lowest BCUT2D eigenvalue weighted by molar-refractivity contribution is -0.131. The largest absolute Gasteiger partial charge is 0.497 e. The van der Waals surface area contributed by atoms with Gasteiger partial charge in [-0.3, -0.25) is 0 Å². The molecule has 0 saturated carbocycles. The van der Waals surface area contributed by atoms with E-state index >= 15 is 0 Å². The number of rotatable bonds is 20. The quantitative estimate of drug-likeness (QED) is 0.109. The first-order valence-corrected chi connectivity index (χ1v) is 15.5. The number of hydrogen-bond donors (Lipinski definition) is 4. The van der Waals surface area contributed by atoms with Crippen molar-refractivity contribution in [1.29, 1.82) is 0 Å². The Bertz CT molecular complexity index is 1160. The standard InChI is InChI=1S/C25H39NO3.C11H12O4/c27-20-24-14-10-15-25(19-24,22-28)21-26-16-7-1-2-8-17-29-18-9-6-13-23-11-4-3-5-12-23;1-14-9-4-5-10(15-2)8(7-9)3-6-11(12)13/h3-5,10-12,14-15,26-28H,1-2,6-9,13,16-22H2;3-7H,1-2H3,(H,12,13). The molecule has 0 saturated heterocycles. The number of aliphatic carboxylic acids is 1. The molecule has 4 N–H and O–H groups in total. The molecule has 1 aliphatic carbocycles. The van der Waals surface area contributed by atoms with Crippen LogP contribution in [0.4, 0.5) is 0 Å². The van der Waals surface area contributed by atoms with E-state index in [1.807, 2.05) is 12.2 Å². The molecular formula is C36H51NO7. The number of aliphatic hydroxyl groups excluding tert-OH is 2. The number of unbranched alkanes of at least 4 members (excludes halogenated alkanes) is 4. The molecule has 0 heterocycles. The maximum atomic E-state index is 10.4. The number of allylic oxidation sites excluding steroid dienone is 2.